The second-order valence-corrected chi connectivity index (χ2v) is 5.52. The second kappa shape index (κ2) is 4.14. The standard InChI is InChI=1S/C12H16N4S/c1-16-12(10-9(13)6-7-17-10)14-11(15-16)8-4-2-3-5-8/h6-8H,2-5,13H2,1H3. The Labute approximate surface area is 104 Å². The van der Waals surface area contributed by atoms with E-state index in [0.29, 0.717) is 5.92 Å². The molecule has 0 unspecified atom stereocenters. The van der Waals surface area contributed by atoms with Gasteiger partial charge in [0.15, 0.2) is 11.6 Å². The second-order valence-electron chi connectivity index (χ2n) is 4.60. The summed E-state index contributed by atoms with van der Waals surface area (Å²) in [5, 5.41) is 6.54. The largest absolute Gasteiger partial charge is 0.397 e. The van der Waals surface area contributed by atoms with E-state index in [1.165, 1.54) is 25.7 Å². The molecule has 3 rings (SSSR count). The van der Waals surface area contributed by atoms with Gasteiger partial charge in [0.1, 0.15) is 0 Å². The summed E-state index contributed by atoms with van der Waals surface area (Å²) in [4.78, 5) is 5.71. The number of nitrogens with zero attached hydrogens (tertiary/aromatic N) is 3. The Morgan fingerprint density at radius 2 is 2.18 bits per heavy atom. The molecule has 1 fully saturated rings. The lowest BCUT2D eigenvalue weighted by Crippen LogP contribution is -1.97. The zero-order valence-electron chi connectivity index (χ0n) is 9.89. The van der Waals surface area contributed by atoms with Crippen LogP contribution in [0, 0.1) is 0 Å². The average Bonchev–Trinajstić information content (AvgIpc) is 2.98. The summed E-state index contributed by atoms with van der Waals surface area (Å²) in [5.74, 6) is 2.45. The van der Waals surface area contributed by atoms with Crippen LogP contribution in [0.4, 0.5) is 5.69 Å². The quantitative estimate of drug-likeness (QED) is 0.889. The lowest BCUT2D eigenvalue weighted by molar-refractivity contribution is 0.648. The highest BCUT2D eigenvalue weighted by atomic mass is 32.1. The smallest absolute Gasteiger partial charge is 0.170 e. The average molecular weight is 248 g/mol. The minimum Gasteiger partial charge on any atom is -0.397 e. The first kappa shape index (κ1) is 10.8. The summed E-state index contributed by atoms with van der Waals surface area (Å²) in [6.07, 6.45) is 5.06. The number of hydrogen-bond acceptors (Lipinski definition) is 4. The van der Waals surface area contributed by atoms with E-state index in [2.05, 4.69) is 10.1 Å². The van der Waals surface area contributed by atoms with E-state index in [4.69, 9.17) is 5.73 Å². The van der Waals surface area contributed by atoms with E-state index in [0.717, 1.165) is 22.2 Å². The van der Waals surface area contributed by atoms with Crippen molar-refractivity contribution in [3.05, 3.63) is 17.3 Å². The molecule has 2 aromatic heterocycles. The number of aryl methyl sites for hydroxylation is 1. The summed E-state index contributed by atoms with van der Waals surface area (Å²) in [6, 6.07) is 1.92. The molecule has 17 heavy (non-hydrogen) atoms. The third-order valence-electron chi connectivity index (χ3n) is 3.40. The van der Waals surface area contributed by atoms with Crippen molar-refractivity contribution in [2.75, 3.05) is 5.73 Å². The maximum Gasteiger partial charge on any atom is 0.170 e. The lowest BCUT2D eigenvalue weighted by Gasteiger charge is -2.00. The number of rotatable bonds is 2. The Kier molecular flexibility index (Phi) is 2.63. The molecule has 0 radical (unpaired) electrons. The molecule has 0 bridgehead atoms. The predicted molar refractivity (Wildman–Crippen MR) is 69.9 cm³/mol. The van der Waals surface area contributed by atoms with E-state index in [9.17, 15) is 0 Å². The van der Waals surface area contributed by atoms with Crippen LogP contribution in [-0.4, -0.2) is 14.8 Å². The molecule has 2 heterocycles. The molecule has 1 aliphatic rings. The van der Waals surface area contributed by atoms with E-state index in [1.54, 1.807) is 11.3 Å². The van der Waals surface area contributed by atoms with Crippen molar-refractivity contribution < 1.29 is 0 Å². The lowest BCUT2D eigenvalue weighted by atomic mass is 10.1. The minimum absolute atomic E-state index is 0.552. The maximum atomic E-state index is 5.93. The van der Waals surface area contributed by atoms with Gasteiger partial charge >= 0.3 is 0 Å². The Morgan fingerprint density at radius 3 is 2.82 bits per heavy atom. The fourth-order valence-electron chi connectivity index (χ4n) is 2.46. The summed E-state index contributed by atoms with van der Waals surface area (Å²) in [7, 11) is 1.94. The SMILES string of the molecule is Cn1nc(C2CCCC2)nc1-c1sccc1N. The topological polar surface area (TPSA) is 56.7 Å². The fraction of sp³-hybridized carbons (Fsp3) is 0.500. The Morgan fingerprint density at radius 1 is 1.41 bits per heavy atom. The molecule has 1 aliphatic carbocycles. The first-order chi connectivity index (χ1) is 8.25. The van der Waals surface area contributed by atoms with Gasteiger partial charge in [0.05, 0.1) is 10.6 Å². The molecule has 2 aromatic rings. The van der Waals surface area contributed by atoms with Crippen LogP contribution in [0.25, 0.3) is 10.7 Å². The molecule has 5 heteroatoms. The summed E-state index contributed by atoms with van der Waals surface area (Å²) in [6.45, 7) is 0. The third kappa shape index (κ3) is 1.84. The molecule has 0 spiro atoms. The number of hydrogen-bond donors (Lipinski definition) is 1. The minimum atomic E-state index is 0.552. The van der Waals surface area contributed by atoms with E-state index < -0.39 is 0 Å². The van der Waals surface area contributed by atoms with Crippen molar-refractivity contribution in [2.45, 2.75) is 31.6 Å². The zero-order chi connectivity index (χ0) is 11.8. The molecule has 0 atom stereocenters. The normalized spacial score (nSPS) is 16.8. The van der Waals surface area contributed by atoms with Crippen molar-refractivity contribution in [1.82, 2.24) is 14.8 Å². The zero-order valence-corrected chi connectivity index (χ0v) is 10.7. The van der Waals surface area contributed by atoms with Crippen LogP contribution in [0.1, 0.15) is 37.4 Å². The molecular formula is C12H16N4S. The van der Waals surface area contributed by atoms with Gasteiger partial charge in [0, 0.05) is 13.0 Å². The fourth-order valence-corrected chi connectivity index (χ4v) is 3.30. The third-order valence-corrected chi connectivity index (χ3v) is 4.32. The van der Waals surface area contributed by atoms with Gasteiger partial charge in [-0.1, -0.05) is 12.8 Å². The molecule has 90 valence electrons. The van der Waals surface area contributed by atoms with Crippen molar-refractivity contribution in [2.24, 2.45) is 7.05 Å². The van der Waals surface area contributed by atoms with Crippen LogP contribution >= 0.6 is 11.3 Å². The van der Waals surface area contributed by atoms with Crippen molar-refractivity contribution in [3.63, 3.8) is 0 Å². The van der Waals surface area contributed by atoms with Gasteiger partial charge in [-0.3, -0.25) is 0 Å². The molecule has 0 saturated heterocycles. The van der Waals surface area contributed by atoms with Crippen LogP contribution in [-0.2, 0) is 7.05 Å². The number of nitrogen functional groups attached to an aromatic ring is 1. The van der Waals surface area contributed by atoms with Crippen LogP contribution in [0.15, 0.2) is 11.4 Å². The monoisotopic (exact) mass is 248 g/mol. The van der Waals surface area contributed by atoms with Gasteiger partial charge in [-0.05, 0) is 24.3 Å². The molecule has 0 aliphatic heterocycles. The van der Waals surface area contributed by atoms with E-state index in [1.807, 2.05) is 23.2 Å². The van der Waals surface area contributed by atoms with Crippen molar-refractivity contribution in [1.29, 1.82) is 0 Å². The number of thiophene rings is 1. The van der Waals surface area contributed by atoms with Crippen molar-refractivity contribution in [3.8, 4) is 10.7 Å². The van der Waals surface area contributed by atoms with Gasteiger partial charge < -0.3 is 5.73 Å². The number of nitrogens with two attached hydrogens (primary N) is 1. The van der Waals surface area contributed by atoms with Crippen molar-refractivity contribution >= 4 is 17.0 Å². The van der Waals surface area contributed by atoms with E-state index >= 15 is 0 Å². The first-order valence-electron chi connectivity index (χ1n) is 6.00. The maximum absolute atomic E-state index is 5.93. The Bertz CT molecular complexity index is 522. The first-order valence-corrected chi connectivity index (χ1v) is 6.88. The number of aromatic nitrogens is 3. The highest BCUT2D eigenvalue weighted by Crippen LogP contribution is 2.35. The molecular weight excluding hydrogens is 232 g/mol. The van der Waals surface area contributed by atoms with Gasteiger partial charge in [0.25, 0.3) is 0 Å². The molecule has 4 nitrogen and oxygen atoms in total. The summed E-state index contributed by atoms with van der Waals surface area (Å²) < 4.78 is 1.86. The molecule has 2 N–H and O–H groups in total. The van der Waals surface area contributed by atoms with Gasteiger partial charge in [0.2, 0.25) is 0 Å². The summed E-state index contributed by atoms with van der Waals surface area (Å²) >= 11 is 1.62. The Hall–Kier alpha value is -1.36. The van der Waals surface area contributed by atoms with Gasteiger partial charge in [-0.25, -0.2) is 9.67 Å². The number of anilines is 1. The van der Waals surface area contributed by atoms with Crippen LogP contribution < -0.4 is 5.73 Å². The van der Waals surface area contributed by atoms with Gasteiger partial charge in [-0.2, -0.15) is 5.10 Å². The van der Waals surface area contributed by atoms with Crippen LogP contribution in [0.5, 0.6) is 0 Å². The van der Waals surface area contributed by atoms with Crippen LogP contribution in [0.3, 0.4) is 0 Å². The Balaban J connectivity index is 1.98. The predicted octanol–water partition coefficient (Wildman–Crippen LogP) is 2.78. The van der Waals surface area contributed by atoms with E-state index in [-0.39, 0.29) is 0 Å². The highest BCUT2D eigenvalue weighted by Gasteiger charge is 2.23. The highest BCUT2D eigenvalue weighted by molar-refractivity contribution is 7.14. The van der Waals surface area contributed by atoms with Gasteiger partial charge in [-0.15, -0.1) is 11.3 Å². The van der Waals surface area contributed by atoms with Crippen LogP contribution in [0.2, 0.25) is 0 Å². The molecule has 0 amide bonds. The summed E-state index contributed by atoms with van der Waals surface area (Å²) in [5.41, 5.74) is 6.73. The molecule has 0 aromatic carbocycles. The molecule has 1 saturated carbocycles.